The zero-order valence-corrected chi connectivity index (χ0v) is 10.5. The van der Waals surface area contributed by atoms with E-state index in [1.807, 2.05) is 24.7 Å². The number of halogens is 1. The molecule has 6 heteroatoms. The van der Waals surface area contributed by atoms with E-state index in [-0.39, 0.29) is 0 Å². The molecule has 0 saturated carbocycles. The van der Waals surface area contributed by atoms with E-state index in [4.69, 9.17) is 0 Å². The Balaban J connectivity index is 2.06. The summed E-state index contributed by atoms with van der Waals surface area (Å²) < 4.78 is 2.63. The van der Waals surface area contributed by atoms with E-state index in [0.717, 1.165) is 15.0 Å². The quantitative estimate of drug-likeness (QED) is 0.938. The third-order valence-corrected chi connectivity index (χ3v) is 3.76. The molecular formula is C9H10BrN3OS. The maximum absolute atomic E-state index is 9.91. The minimum Gasteiger partial charge on any atom is -0.387 e. The molecule has 1 N–H and O–H groups in total. The Bertz CT molecular complexity index is 454. The van der Waals surface area contributed by atoms with Crippen LogP contribution in [0.5, 0.6) is 0 Å². The third kappa shape index (κ3) is 2.64. The van der Waals surface area contributed by atoms with Crippen LogP contribution < -0.4 is 0 Å². The van der Waals surface area contributed by atoms with Crippen molar-refractivity contribution < 1.29 is 5.11 Å². The largest absolute Gasteiger partial charge is 0.387 e. The lowest BCUT2D eigenvalue weighted by atomic mass is 10.2. The van der Waals surface area contributed by atoms with Crippen molar-refractivity contribution in [1.29, 1.82) is 0 Å². The van der Waals surface area contributed by atoms with Gasteiger partial charge in [0.25, 0.3) is 0 Å². The standard InChI is InChI=1S/C9H10BrN3OS/c1-13-4-7(11-12-13)3-8(14)9-2-6(10)5-15-9/h2,4-5,8,14H,3H2,1H3. The minimum absolute atomic E-state index is 0.501. The van der Waals surface area contributed by atoms with Crippen molar-refractivity contribution >= 4 is 27.3 Å². The van der Waals surface area contributed by atoms with Crippen LogP contribution in [0.2, 0.25) is 0 Å². The average Bonchev–Trinajstić information content (AvgIpc) is 2.75. The SMILES string of the molecule is Cn1cc(CC(O)c2cc(Br)cs2)nn1. The lowest BCUT2D eigenvalue weighted by Crippen LogP contribution is -1.99. The second-order valence-corrected chi connectivity index (χ2v) is 5.13. The van der Waals surface area contributed by atoms with Crippen LogP contribution in [0.1, 0.15) is 16.7 Å². The molecule has 0 saturated heterocycles. The maximum Gasteiger partial charge on any atom is 0.0938 e. The van der Waals surface area contributed by atoms with Crippen molar-refractivity contribution in [2.45, 2.75) is 12.5 Å². The fourth-order valence-corrected chi connectivity index (χ4v) is 2.72. The zero-order chi connectivity index (χ0) is 10.8. The van der Waals surface area contributed by atoms with Crippen LogP contribution in [-0.4, -0.2) is 20.1 Å². The van der Waals surface area contributed by atoms with E-state index >= 15 is 0 Å². The van der Waals surface area contributed by atoms with Gasteiger partial charge in [0.2, 0.25) is 0 Å². The predicted octanol–water partition coefficient (Wildman–Crippen LogP) is 1.92. The van der Waals surface area contributed by atoms with Gasteiger partial charge < -0.3 is 5.11 Å². The van der Waals surface area contributed by atoms with Gasteiger partial charge in [-0.15, -0.1) is 16.4 Å². The normalized spacial score (nSPS) is 13.0. The number of hydrogen-bond acceptors (Lipinski definition) is 4. The molecule has 80 valence electrons. The van der Waals surface area contributed by atoms with Crippen LogP contribution in [0.4, 0.5) is 0 Å². The topological polar surface area (TPSA) is 50.9 Å². The summed E-state index contributed by atoms with van der Waals surface area (Å²) in [6, 6.07) is 1.92. The summed E-state index contributed by atoms with van der Waals surface area (Å²) >= 11 is 4.89. The van der Waals surface area contributed by atoms with Gasteiger partial charge >= 0.3 is 0 Å². The van der Waals surface area contributed by atoms with Crippen molar-refractivity contribution in [3.8, 4) is 0 Å². The molecular weight excluding hydrogens is 278 g/mol. The molecule has 1 unspecified atom stereocenters. The summed E-state index contributed by atoms with van der Waals surface area (Å²) in [6.07, 6.45) is 1.81. The molecule has 0 radical (unpaired) electrons. The molecule has 0 amide bonds. The fraction of sp³-hybridized carbons (Fsp3) is 0.333. The maximum atomic E-state index is 9.91. The third-order valence-electron chi connectivity index (χ3n) is 1.97. The molecule has 0 aromatic carbocycles. The van der Waals surface area contributed by atoms with Crippen molar-refractivity contribution in [2.75, 3.05) is 0 Å². The van der Waals surface area contributed by atoms with Crippen LogP contribution >= 0.6 is 27.3 Å². The Kier molecular flexibility index (Phi) is 3.18. The average molecular weight is 288 g/mol. The zero-order valence-electron chi connectivity index (χ0n) is 8.09. The summed E-state index contributed by atoms with van der Waals surface area (Å²) in [7, 11) is 1.81. The molecule has 1 atom stereocenters. The summed E-state index contributed by atoms with van der Waals surface area (Å²) in [5, 5.41) is 19.6. The number of thiophene rings is 1. The number of hydrogen-bond donors (Lipinski definition) is 1. The Morgan fingerprint density at radius 3 is 3.00 bits per heavy atom. The van der Waals surface area contributed by atoms with Crippen LogP contribution in [0, 0.1) is 0 Å². The van der Waals surface area contributed by atoms with Crippen molar-refractivity contribution in [3.05, 3.63) is 32.7 Å². The van der Waals surface area contributed by atoms with E-state index in [1.165, 1.54) is 11.3 Å². The molecule has 15 heavy (non-hydrogen) atoms. The van der Waals surface area contributed by atoms with Gasteiger partial charge in [-0.05, 0) is 22.0 Å². The summed E-state index contributed by atoms with van der Waals surface area (Å²) in [4.78, 5) is 0.938. The fourth-order valence-electron chi connectivity index (χ4n) is 1.29. The molecule has 2 aromatic heterocycles. The lowest BCUT2D eigenvalue weighted by Gasteiger charge is -2.04. The van der Waals surface area contributed by atoms with Gasteiger partial charge in [-0.1, -0.05) is 5.21 Å². The highest BCUT2D eigenvalue weighted by molar-refractivity contribution is 9.10. The smallest absolute Gasteiger partial charge is 0.0938 e. The molecule has 4 nitrogen and oxygen atoms in total. The minimum atomic E-state index is -0.502. The number of aliphatic hydroxyl groups excluding tert-OH is 1. The second kappa shape index (κ2) is 4.42. The molecule has 2 heterocycles. The van der Waals surface area contributed by atoms with Crippen molar-refractivity contribution in [2.24, 2.45) is 7.05 Å². The number of aromatic nitrogens is 3. The lowest BCUT2D eigenvalue weighted by molar-refractivity contribution is 0.181. The predicted molar refractivity (Wildman–Crippen MR) is 61.7 cm³/mol. The molecule has 0 spiro atoms. The van der Waals surface area contributed by atoms with E-state index in [2.05, 4.69) is 26.2 Å². The second-order valence-electron chi connectivity index (χ2n) is 3.27. The Morgan fingerprint density at radius 2 is 2.47 bits per heavy atom. The highest BCUT2D eigenvalue weighted by Gasteiger charge is 2.12. The van der Waals surface area contributed by atoms with Crippen molar-refractivity contribution in [1.82, 2.24) is 15.0 Å². The van der Waals surface area contributed by atoms with Crippen molar-refractivity contribution in [3.63, 3.8) is 0 Å². The summed E-state index contributed by atoms with van der Waals surface area (Å²) in [5.74, 6) is 0. The van der Waals surface area contributed by atoms with Gasteiger partial charge in [-0.25, -0.2) is 0 Å². The Labute approximate surface area is 99.7 Å². The first kappa shape index (κ1) is 10.8. The van der Waals surface area contributed by atoms with Crippen LogP contribution in [-0.2, 0) is 13.5 Å². The molecule has 0 fully saturated rings. The van der Waals surface area contributed by atoms with Gasteiger partial charge in [-0.3, -0.25) is 4.68 Å². The van der Waals surface area contributed by atoms with Gasteiger partial charge in [0, 0.05) is 34.4 Å². The number of rotatable bonds is 3. The van der Waals surface area contributed by atoms with E-state index in [1.54, 1.807) is 4.68 Å². The van der Waals surface area contributed by atoms with Gasteiger partial charge in [0.05, 0.1) is 11.8 Å². The summed E-state index contributed by atoms with van der Waals surface area (Å²) in [5.41, 5.74) is 0.800. The first-order valence-electron chi connectivity index (χ1n) is 4.42. The van der Waals surface area contributed by atoms with Crippen LogP contribution in [0.25, 0.3) is 0 Å². The number of nitrogens with zero attached hydrogens (tertiary/aromatic N) is 3. The van der Waals surface area contributed by atoms with Gasteiger partial charge in [0.15, 0.2) is 0 Å². The Morgan fingerprint density at radius 1 is 1.67 bits per heavy atom. The first-order chi connectivity index (χ1) is 7.15. The van der Waals surface area contributed by atoms with E-state index in [0.29, 0.717) is 6.42 Å². The monoisotopic (exact) mass is 287 g/mol. The first-order valence-corrected chi connectivity index (χ1v) is 6.09. The number of aliphatic hydroxyl groups is 1. The van der Waals surface area contributed by atoms with Gasteiger partial charge in [-0.2, -0.15) is 0 Å². The van der Waals surface area contributed by atoms with Crippen LogP contribution in [0.3, 0.4) is 0 Å². The van der Waals surface area contributed by atoms with Crippen LogP contribution in [0.15, 0.2) is 22.1 Å². The molecule has 0 aliphatic heterocycles. The highest BCUT2D eigenvalue weighted by atomic mass is 79.9. The summed E-state index contributed by atoms with van der Waals surface area (Å²) in [6.45, 7) is 0. The molecule has 0 aliphatic carbocycles. The molecule has 2 aromatic rings. The molecule has 2 rings (SSSR count). The number of aryl methyl sites for hydroxylation is 1. The highest BCUT2D eigenvalue weighted by Crippen LogP contribution is 2.27. The molecule has 0 bridgehead atoms. The van der Waals surface area contributed by atoms with E-state index in [9.17, 15) is 5.11 Å². The molecule has 0 aliphatic rings. The van der Waals surface area contributed by atoms with Gasteiger partial charge in [0.1, 0.15) is 0 Å². The Hall–Kier alpha value is -0.720. The van der Waals surface area contributed by atoms with E-state index < -0.39 is 6.10 Å².